The Bertz CT molecular complexity index is 3430. The third-order valence-corrected chi connectivity index (χ3v) is 25.7. The third-order valence-electron chi connectivity index (χ3n) is 25.7. The zero-order valence-corrected chi connectivity index (χ0v) is 82.5. The maximum atomic E-state index is 14.0. The second-order valence-electron chi connectivity index (χ2n) is 38.6. The number of benzene rings is 2. The summed E-state index contributed by atoms with van der Waals surface area (Å²) >= 11 is 0. The summed E-state index contributed by atoms with van der Waals surface area (Å²) in [5, 5.41) is 22.7. The van der Waals surface area contributed by atoms with E-state index in [1.807, 2.05) is 181 Å². The van der Waals surface area contributed by atoms with Crippen molar-refractivity contribution in [3.8, 4) is 0 Å². The van der Waals surface area contributed by atoms with E-state index in [4.69, 9.17) is 39.3 Å². The van der Waals surface area contributed by atoms with E-state index in [0.717, 1.165) is 75.8 Å². The van der Waals surface area contributed by atoms with Gasteiger partial charge in [0, 0.05) is 138 Å². The standard InChI is InChI=1S/C38H63N3O6.C37H62N4O6.C21H39NO5.C2H4O2/c1-12-26(4)34(40(9)37(45)29(25(2)3)23-32(42)38(6,7)8)31(46-10)24-33(43)41-22-16-19-30(41)35(47-11)27(5)36(44)39-21-20-28-17-14-13-15-18-28;1-11-25(4)33(40(8)36(45)28(24(2)3)22-31(42)37(6,7)38)30(46-9)23-32(43)41-21-15-18-29(41)34(47-10)26(5)35(44)39-20-19-27-16-13-12-14-17-27;1-10-14(4)19(16(27-9)12-18(24)25)22(8)20(26)15(13(2)3)11-17(23)21(5,6)7;1-2(3)4/h13-15,17-18,25-27,29-31,34-35H,12,16,19-24H2,1-11H3,(H,39,44);12-14,16-17,24-26,28-30,33-34H,11,15,18-23,38H2,1-10H3,(H,39,44);13-16,19H,10-12H2,1-9H3,(H,24,25);1H3,(H,3,4)/t26-,27+,29-,30-,31+,34-,35+;25-,26+,28-,29-,30+,33-,34+;14-,15-,16+,19-;/m000./s1. The van der Waals surface area contributed by atoms with Crippen LogP contribution in [0.25, 0.3) is 0 Å². The lowest BCUT2D eigenvalue weighted by Gasteiger charge is -2.41. The van der Waals surface area contributed by atoms with Crippen molar-refractivity contribution in [3.05, 3.63) is 71.8 Å². The van der Waals surface area contributed by atoms with Crippen LogP contribution in [0, 0.1) is 75.9 Å². The summed E-state index contributed by atoms with van der Waals surface area (Å²) in [7, 11) is 13.1. The first-order valence-corrected chi connectivity index (χ1v) is 45.6. The van der Waals surface area contributed by atoms with E-state index >= 15 is 0 Å². The van der Waals surface area contributed by atoms with Gasteiger partial charge < -0.3 is 74.8 Å². The number of rotatable bonds is 48. The molecule has 0 aromatic heterocycles. The van der Waals surface area contributed by atoms with Gasteiger partial charge in [-0.2, -0.15) is 0 Å². The predicted octanol–water partition coefficient (Wildman–Crippen LogP) is 13.5. The van der Waals surface area contributed by atoms with Gasteiger partial charge in [0.15, 0.2) is 5.78 Å². The van der Waals surface area contributed by atoms with Crippen molar-refractivity contribution >= 4 is 70.6 Å². The molecule has 0 spiro atoms. The molecule has 18 atom stereocenters. The molecule has 0 saturated carbocycles. The molecule has 6 N–H and O–H groups in total. The Balaban J connectivity index is 0.000000951. The van der Waals surface area contributed by atoms with Crippen molar-refractivity contribution in [2.75, 3.05) is 82.9 Å². The van der Waals surface area contributed by atoms with E-state index in [1.54, 1.807) is 78.1 Å². The maximum Gasteiger partial charge on any atom is 0.306 e. The smallest absolute Gasteiger partial charge is 0.306 e. The number of carboxylic acid groups (broad SMARTS) is 2. The summed E-state index contributed by atoms with van der Waals surface area (Å²) in [5.41, 5.74) is 6.32. The molecule has 714 valence electrons. The van der Waals surface area contributed by atoms with Gasteiger partial charge in [-0.25, -0.2) is 0 Å². The van der Waals surface area contributed by atoms with Crippen molar-refractivity contribution in [3.63, 3.8) is 0 Å². The van der Waals surface area contributed by atoms with E-state index in [-0.39, 0.29) is 157 Å². The molecule has 0 bridgehead atoms. The molecule has 0 radical (unpaired) electrons. The van der Waals surface area contributed by atoms with Crippen molar-refractivity contribution < 1.29 is 91.4 Å². The van der Waals surface area contributed by atoms with Gasteiger partial charge in [0.2, 0.25) is 41.4 Å². The van der Waals surface area contributed by atoms with Crippen LogP contribution in [0.3, 0.4) is 0 Å². The molecule has 0 aliphatic carbocycles. The largest absolute Gasteiger partial charge is 0.481 e. The molecule has 2 aromatic rings. The molecule has 2 heterocycles. The first-order chi connectivity index (χ1) is 58.2. The lowest BCUT2D eigenvalue weighted by molar-refractivity contribution is -0.149. The number of hydrogen-bond acceptors (Lipinski definition) is 18. The molecule has 27 nitrogen and oxygen atoms in total. The number of methoxy groups -OCH3 is 5. The lowest BCUT2D eigenvalue weighted by Crippen LogP contribution is -2.54. The summed E-state index contributed by atoms with van der Waals surface area (Å²) in [6.07, 6.45) is 4.72. The first-order valence-electron chi connectivity index (χ1n) is 45.6. The van der Waals surface area contributed by atoms with Gasteiger partial charge in [0.05, 0.1) is 97.4 Å². The summed E-state index contributed by atoms with van der Waals surface area (Å²) < 4.78 is 29.2. The number of carbonyl (C=O) groups excluding carboxylic acids is 10. The number of nitrogens with one attached hydrogen (secondary N) is 2. The molecule has 27 heteroatoms. The quantitative estimate of drug-likeness (QED) is 0.0411. The number of likely N-dealkylation sites (N-methyl/N-ethyl adjacent to an activating group) is 3. The zero-order valence-electron chi connectivity index (χ0n) is 82.5. The number of ether oxygens (including phenoxy) is 5. The molecule has 2 aliphatic heterocycles. The van der Waals surface area contributed by atoms with Crippen molar-refractivity contribution in [2.24, 2.45) is 81.7 Å². The van der Waals surface area contributed by atoms with Crippen LogP contribution in [0.5, 0.6) is 0 Å². The van der Waals surface area contributed by atoms with Gasteiger partial charge in [-0.3, -0.25) is 57.5 Å². The fourth-order valence-electron chi connectivity index (χ4n) is 16.9. The SMILES string of the molecule is CC(=O)O.CC[C@H](C)[C@@H]([C@@H](CC(=O)N1CCC[C@H]1[C@H](OC)[C@@H](C)C(=O)NCCc1ccccc1)OC)N(C)C(=O)[C@@H](CC(=O)C(C)(C)C)C(C)C.CC[C@H](C)[C@@H]([C@@H](CC(=O)N1CCC[C@H]1[C@H](OC)[C@@H](C)C(=O)NCCc1ccccc1)OC)N(C)C(=O)[C@@H](CC(=O)C(C)(C)N)C(C)C.CC[C@H](C)[C@@H]([C@@H](CC(=O)O)OC)N(C)C(=O)[C@@H](CC(=O)C(C)(C)C)C(C)C. The number of hydrogen-bond donors (Lipinski definition) is 5. The van der Waals surface area contributed by atoms with Crippen LogP contribution < -0.4 is 16.4 Å². The number of Topliss-reactive ketones (excluding diaryl/α,β-unsaturated/α-hetero) is 3. The monoisotopic (exact) mass is 1760 g/mol. The molecule has 7 amide bonds. The molecule has 2 fully saturated rings. The van der Waals surface area contributed by atoms with E-state index in [1.165, 1.54) is 7.11 Å². The van der Waals surface area contributed by atoms with Crippen LogP contribution in [0.4, 0.5) is 0 Å². The number of ketones is 3. The number of amides is 7. The second-order valence-corrected chi connectivity index (χ2v) is 38.6. The van der Waals surface area contributed by atoms with E-state index in [0.29, 0.717) is 26.2 Å². The summed E-state index contributed by atoms with van der Waals surface area (Å²) in [4.78, 5) is 163. The topological polar surface area (TPSA) is 358 Å². The summed E-state index contributed by atoms with van der Waals surface area (Å²) in [6, 6.07) is 18.4. The fourth-order valence-corrected chi connectivity index (χ4v) is 16.9. The van der Waals surface area contributed by atoms with Gasteiger partial charge in [0.1, 0.15) is 11.6 Å². The summed E-state index contributed by atoms with van der Waals surface area (Å²) in [5.74, 6) is -4.88. The van der Waals surface area contributed by atoms with E-state index in [9.17, 15) is 57.8 Å². The number of carboxylic acids is 2. The number of carbonyl (C=O) groups is 12. The Kier molecular flexibility index (Phi) is 51.7. The molecule has 0 unspecified atom stereocenters. The van der Waals surface area contributed by atoms with Gasteiger partial charge in [-0.1, -0.05) is 218 Å². The minimum absolute atomic E-state index is 0.00398. The van der Waals surface area contributed by atoms with E-state index in [2.05, 4.69) is 38.3 Å². The first kappa shape index (κ1) is 115. The number of aliphatic carboxylic acids is 2. The minimum Gasteiger partial charge on any atom is -0.481 e. The molecule has 2 aliphatic rings. The summed E-state index contributed by atoms with van der Waals surface area (Å²) in [6.45, 7) is 45.5. The minimum atomic E-state index is -1.03. The predicted molar refractivity (Wildman–Crippen MR) is 492 cm³/mol. The average Bonchev–Trinajstić information content (AvgIpc) is 1.79. The molecule has 2 aromatic carbocycles. The normalized spacial score (nSPS) is 18.1. The number of nitrogens with two attached hydrogens (primary N) is 1. The molecule has 125 heavy (non-hydrogen) atoms. The Hall–Kier alpha value is -7.56. The fraction of sp³-hybridized carbons (Fsp3) is 0.755. The van der Waals surface area contributed by atoms with Crippen LogP contribution in [0.1, 0.15) is 254 Å². The van der Waals surface area contributed by atoms with Gasteiger partial charge in [0.25, 0.3) is 5.97 Å². The molecular weight excluding hydrogens is 1590 g/mol. The number of nitrogens with zero attached hydrogens (tertiary/aromatic N) is 5. The highest BCUT2D eigenvalue weighted by Crippen LogP contribution is 2.36. The van der Waals surface area contributed by atoms with Crippen molar-refractivity contribution in [2.45, 2.75) is 322 Å². The highest BCUT2D eigenvalue weighted by molar-refractivity contribution is 5.93. The second kappa shape index (κ2) is 56.0. The molecular formula is C98H168N8O19. The number of likely N-dealkylation sites (tertiary alicyclic amines) is 2. The Morgan fingerprint density at radius 2 is 0.712 bits per heavy atom. The van der Waals surface area contributed by atoms with Crippen molar-refractivity contribution in [1.82, 2.24) is 35.1 Å². The Labute approximate surface area is 751 Å². The Morgan fingerprint density at radius 1 is 0.440 bits per heavy atom. The van der Waals surface area contributed by atoms with Crippen LogP contribution in [-0.2, 0) is 94.1 Å². The third kappa shape index (κ3) is 37.2. The van der Waals surface area contributed by atoms with Gasteiger partial charge in [-0.05, 0) is 99.0 Å². The zero-order chi connectivity index (χ0) is 96.0. The van der Waals surface area contributed by atoms with Crippen LogP contribution in [0.2, 0.25) is 0 Å². The highest BCUT2D eigenvalue weighted by atomic mass is 16.5. The average molecular weight is 1760 g/mol. The van der Waals surface area contributed by atoms with Crippen LogP contribution in [0.15, 0.2) is 60.7 Å². The Morgan fingerprint density at radius 3 is 0.944 bits per heavy atom. The molecule has 4 rings (SSSR count). The highest BCUT2D eigenvalue weighted by Gasteiger charge is 2.47. The maximum absolute atomic E-state index is 14.0. The van der Waals surface area contributed by atoms with Gasteiger partial charge in [-0.15, -0.1) is 0 Å². The lowest BCUT2D eigenvalue weighted by atomic mass is 9.80. The van der Waals surface area contributed by atoms with E-state index < -0.39 is 94.5 Å². The van der Waals surface area contributed by atoms with Gasteiger partial charge >= 0.3 is 5.97 Å². The van der Waals surface area contributed by atoms with Crippen LogP contribution >= 0.6 is 0 Å². The molecule has 2 saturated heterocycles. The van der Waals surface area contributed by atoms with Crippen molar-refractivity contribution in [1.29, 1.82) is 0 Å². The van der Waals surface area contributed by atoms with Crippen LogP contribution in [-0.4, -0.2) is 254 Å².